The summed E-state index contributed by atoms with van der Waals surface area (Å²) in [6.45, 7) is 15.7. The van der Waals surface area contributed by atoms with Crippen LogP contribution in [-0.4, -0.2) is 34.1 Å². The van der Waals surface area contributed by atoms with Crippen LogP contribution in [0.15, 0.2) is 0 Å². The van der Waals surface area contributed by atoms with Crippen molar-refractivity contribution in [2.24, 2.45) is 0 Å². The number of terminal acetylenes is 1. The molecule has 104 valence electrons. The summed E-state index contributed by atoms with van der Waals surface area (Å²) in [6.07, 6.45) is 7.86. The summed E-state index contributed by atoms with van der Waals surface area (Å²) in [4.78, 5) is 2.46. The van der Waals surface area contributed by atoms with E-state index in [-0.39, 0.29) is 22.2 Å². The Labute approximate surface area is 114 Å². The van der Waals surface area contributed by atoms with Gasteiger partial charge in [-0.3, -0.25) is 10.2 Å². The van der Waals surface area contributed by atoms with E-state index in [9.17, 15) is 0 Å². The molecule has 1 aliphatic rings. The van der Waals surface area contributed by atoms with E-state index in [1.807, 2.05) is 0 Å². The van der Waals surface area contributed by atoms with E-state index in [0.29, 0.717) is 0 Å². The summed E-state index contributed by atoms with van der Waals surface area (Å²) in [5.41, 5.74) is 0.0327. The normalized spacial score (nSPS) is 26.6. The zero-order chi connectivity index (χ0) is 14.4. The smallest absolute Gasteiger partial charge is 0.0837 e. The second-order valence-corrected chi connectivity index (χ2v) is 8.14. The Morgan fingerprint density at radius 3 is 1.72 bits per heavy atom. The minimum atomic E-state index is -0.211. The lowest BCUT2D eigenvalue weighted by molar-refractivity contribution is -0.0401. The van der Waals surface area contributed by atoms with Crippen molar-refractivity contribution < 1.29 is 0 Å². The predicted octanol–water partition coefficient (Wildman–Crippen LogP) is 3.03. The summed E-state index contributed by atoms with van der Waals surface area (Å²) >= 11 is 0. The first-order valence-corrected chi connectivity index (χ1v) is 6.85. The van der Waals surface area contributed by atoms with E-state index in [1.165, 1.54) is 0 Å². The van der Waals surface area contributed by atoms with Crippen molar-refractivity contribution in [3.05, 3.63) is 0 Å². The number of piperidine rings is 1. The number of rotatable bonds is 1. The Balaban J connectivity index is 3.13. The Kier molecular flexibility index (Phi) is 3.67. The van der Waals surface area contributed by atoms with E-state index < -0.39 is 0 Å². The SMILES string of the molecule is C#CC1(NC(C)(C)C)CC(C)(C)N(C)C(C)(C)C1. The molecule has 0 saturated carbocycles. The van der Waals surface area contributed by atoms with Crippen LogP contribution in [0.25, 0.3) is 0 Å². The molecule has 1 saturated heterocycles. The topological polar surface area (TPSA) is 15.3 Å². The molecule has 0 amide bonds. The lowest BCUT2D eigenvalue weighted by Crippen LogP contribution is -2.69. The van der Waals surface area contributed by atoms with Crippen LogP contribution < -0.4 is 5.32 Å². The molecule has 1 fully saturated rings. The summed E-state index contributed by atoms with van der Waals surface area (Å²) in [5, 5.41) is 3.69. The number of hydrogen-bond acceptors (Lipinski definition) is 2. The number of likely N-dealkylation sites (tertiary alicyclic amines) is 1. The molecule has 1 rings (SSSR count). The van der Waals surface area contributed by atoms with Gasteiger partial charge in [0, 0.05) is 16.6 Å². The van der Waals surface area contributed by atoms with Crippen LogP contribution in [0.1, 0.15) is 61.3 Å². The third-order valence-corrected chi connectivity index (χ3v) is 4.18. The van der Waals surface area contributed by atoms with Gasteiger partial charge in [0.2, 0.25) is 0 Å². The van der Waals surface area contributed by atoms with Crippen molar-refractivity contribution in [3.63, 3.8) is 0 Å². The maximum Gasteiger partial charge on any atom is 0.0837 e. The molecular formula is C16H30N2. The number of hydrogen-bond donors (Lipinski definition) is 1. The second kappa shape index (κ2) is 4.25. The molecule has 1 aliphatic heterocycles. The fourth-order valence-corrected chi connectivity index (χ4v) is 3.54. The van der Waals surface area contributed by atoms with Crippen LogP contribution in [-0.2, 0) is 0 Å². The molecule has 0 atom stereocenters. The molecular weight excluding hydrogens is 220 g/mol. The number of nitrogens with one attached hydrogen (secondary N) is 1. The van der Waals surface area contributed by atoms with Crippen molar-refractivity contribution in [1.82, 2.24) is 10.2 Å². The third-order valence-electron chi connectivity index (χ3n) is 4.18. The fourth-order valence-electron chi connectivity index (χ4n) is 3.54. The van der Waals surface area contributed by atoms with E-state index >= 15 is 0 Å². The summed E-state index contributed by atoms with van der Waals surface area (Å²) in [5.74, 6) is 3.07. The van der Waals surface area contributed by atoms with E-state index in [1.54, 1.807) is 0 Å². The van der Waals surface area contributed by atoms with Gasteiger partial charge in [-0.05, 0) is 68.4 Å². The minimum absolute atomic E-state index is 0.0362. The van der Waals surface area contributed by atoms with Crippen molar-refractivity contribution >= 4 is 0 Å². The molecule has 0 aromatic carbocycles. The maximum absolute atomic E-state index is 5.90. The van der Waals surface area contributed by atoms with E-state index in [0.717, 1.165) is 12.8 Å². The highest BCUT2D eigenvalue weighted by molar-refractivity contribution is 5.22. The molecule has 2 nitrogen and oxygen atoms in total. The Morgan fingerprint density at radius 1 is 1.06 bits per heavy atom. The van der Waals surface area contributed by atoms with Crippen molar-refractivity contribution in [3.8, 4) is 12.3 Å². The Morgan fingerprint density at radius 2 is 1.44 bits per heavy atom. The van der Waals surface area contributed by atoms with Gasteiger partial charge in [-0.1, -0.05) is 5.92 Å². The zero-order valence-corrected chi connectivity index (χ0v) is 13.4. The largest absolute Gasteiger partial charge is 0.296 e. The van der Waals surface area contributed by atoms with Gasteiger partial charge in [-0.2, -0.15) is 0 Å². The van der Waals surface area contributed by atoms with Crippen LogP contribution in [0.4, 0.5) is 0 Å². The van der Waals surface area contributed by atoms with Crippen LogP contribution in [0.5, 0.6) is 0 Å². The highest BCUT2D eigenvalue weighted by Crippen LogP contribution is 2.42. The summed E-state index contributed by atoms with van der Waals surface area (Å²) in [6, 6.07) is 0. The molecule has 2 heteroatoms. The second-order valence-electron chi connectivity index (χ2n) is 8.14. The van der Waals surface area contributed by atoms with E-state index in [2.05, 4.69) is 71.7 Å². The minimum Gasteiger partial charge on any atom is -0.296 e. The third kappa shape index (κ3) is 3.08. The maximum atomic E-state index is 5.90. The van der Waals surface area contributed by atoms with Crippen molar-refractivity contribution in [2.45, 2.75) is 83.5 Å². The molecule has 1 N–H and O–H groups in total. The Bertz CT molecular complexity index is 334. The van der Waals surface area contributed by atoms with Gasteiger partial charge in [0.05, 0.1) is 5.54 Å². The lowest BCUT2D eigenvalue weighted by atomic mass is 9.69. The van der Waals surface area contributed by atoms with Gasteiger partial charge in [0.25, 0.3) is 0 Å². The Hall–Kier alpha value is -0.520. The molecule has 0 bridgehead atoms. The summed E-state index contributed by atoms with van der Waals surface area (Å²) < 4.78 is 0. The van der Waals surface area contributed by atoms with Crippen LogP contribution in [0, 0.1) is 12.3 Å². The molecule has 0 spiro atoms. The molecule has 0 radical (unpaired) electrons. The fraction of sp³-hybridized carbons (Fsp3) is 0.875. The van der Waals surface area contributed by atoms with Gasteiger partial charge < -0.3 is 0 Å². The van der Waals surface area contributed by atoms with Gasteiger partial charge in [-0.25, -0.2) is 0 Å². The van der Waals surface area contributed by atoms with Gasteiger partial charge >= 0.3 is 0 Å². The first kappa shape index (κ1) is 15.5. The first-order valence-electron chi connectivity index (χ1n) is 6.85. The number of nitrogens with zero attached hydrogens (tertiary/aromatic N) is 1. The molecule has 0 aromatic rings. The van der Waals surface area contributed by atoms with Crippen molar-refractivity contribution in [2.75, 3.05) is 7.05 Å². The molecule has 1 heterocycles. The molecule has 18 heavy (non-hydrogen) atoms. The molecule has 0 unspecified atom stereocenters. The van der Waals surface area contributed by atoms with Crippen LogP contribution in [0.3, 0.4) is 0 Å². The highest BCUT2D eigenvalue weighted by Gasteiger charge is 2.50. The van der Waals surface area contributed by atoms with Crippen LogP contribution >= 0.6 is 0 Å². The lowest BCUT2D eigenvalue weighted by Gasteiger charge is -2.58. The standard InChI is InChI=1S/C16H30N2/c1-10-16(17-13(2,3)4)11-14(5,6)18(9)15(7,8)12-16/h1,17H,11-12H2,2-9H3. The predicted molar refractivity (Wildman–Crippen MR) is 79.6 cm³/mol. The van der Waals surface area contributed by atoms with Crippen LogP contribution in [0.2, 0.25) is 0 Å². The zero-order valence-electron chi connectivity index (χ0n) is 13.4. The van der Waals surface area contributed by atoms with Crippen molar-refractivity contribution in [1.29, 1.82) is 0 Å². The first-order chi connectivity index (χ1) is 7.84. The molecule has 0 aromatic heterocycles. The molecule has 0 aliphatic carbocycles. The van der Waals surface area contributed by atoms with Gasteiger partial charge in [-0.15, -0.1) is 6.42 Å². The average Bonchev–Trinajstić information content (AvgIpc) is 2.10. The highest BCUT2D eigenvalue weighted by atomic mass is 15.3. The average molecular weight is 250 g/mol. The van der Waals surface area contributed by atoms with Gasteiger partial charge in [0.15, 0.2) is 0 Å². The summed E-state index contributed by atoms with van der Waals surface area (Å²) in [7, 11) is 2.21. The van der Waals surface area contributed by atoms with Gasteiger partial charge in [0.1, 0.15) is 0 Å². The quantitative estimate of drug-likeness (QED) is 0.720. The van der Waals surface area contributed by atoms with E-state index in [4.69, 9.17) is 6.42 Å². The monoisotopic (exact) mass is 250 g/mol.